The number of carbonyl (C=O) groups is 1. The summed E-state index contributed by atoms with van der Waals surface area (Å²) >= 11 is 0. The molecule has 7 heteroatoms. The summed E-state index contributed by atoms with van der Waals surface area (Å²) in [5, 5.41) is 3.33. The summed E-state index contributed by atoms with van der Waals surface area (Å²) in [6.07, 6.45) is 2.27. The van der Waals surface area contributed by atoms with Gasteiger partial charge >= 0.3 is 0 Å². The number of nitrogens with zero attached hydrogens (tertiary/aromatic N) is 2. The number of furan rings is 1. The van der Waals surface area contributed by atoms with Crippen LogP contribution < -0.4 is 11.1 Å². The molecule has 1 aromatic heterocycles. The lowest BCUT2D eigenvalue weighted by Crippen LogP contribution is -2.41. The summed E-state index contributed by atoms with van der Waals surface area (Å²) in [4.78, 5) is 18.0. The Kier molecular flexibility index (Phi) is 4.56. The normalized spacial score (nSPS) is 24.6. The van der Waals surface area contributed by atoms with Crippen molar-refractivity contribution in [2.24, 2.45) is 16.1 Å². The molecule has 2 aliphatic heterocycles. The first kappa shape index (κ1) is 15.9. The molecule has 3 rings (SSSR count). The maximum Gasteiger partial charge on any atom is 0.284 e. The average molecular weight is 320 g/mol. The smallest absolute Gasteiger partial charge is 0.284 e. The number of carbonyl (C=O) groups excluding carboxylic acids is 1. The first-order chi connectivity index (χ1) is 11.1. The molecule has 2 aliphatic rings. The molecule has 7 nitrogen and oxygen atoms in total. The van der Waals surface area contributed by atoms with E-state index in [1.165, 1.54) is 0 Å². The number of hydrogen-bond acceptors (Lipinski definition) is 4. The van der Waals surface area contributed by atoms with Crippen LogP contribution in [0.5, 0.6) is 0 Å². The summed E-state index contributed by atoms with van der Waals surface area (Å²) in [6.45, 7) is 6.92. The lowest BCUT2D eigenvalue weighted by molar-refractivity contribution is 0.0972. The van der Waals surface area contributed by atoms with E-state index < -0.39 is 5.91 Å². The van der Waals surface area contributed by atoms with Crippen LogP contribution >= 0.6 is 0 Å². The van der Waals surface area contributed by atoms with Gasteiger partial charge in [-0.2, -0.15) is 0 Å². The van der Waals surface area contributed by atoms with Gasteiger partial charge in [0.15, 0.2) is 11.7 Å². The molecule has 2 saturated heterocycles. The van der Waals surface area contributed by atoms with Crippen molar-refractivity contribution in [2.45, 2.75) is 26.3 Å². The number of amides is 1. The van der Waals surface area contributed by atoms with Crippen LogP contribution in [-0.4, -0.2) is 49.6 Å². The second-order valence-corrected chi connectivity index (χ2v) is 6.27. The van der Waals surface area contributed by atoms with Crippen molar-refractivity contribution in [1.29, 1.82) is 0 Å². The molecule has 0 aliphatic carbocycles. The lowest BCUT2D eigenvalue weighted by Gasteiger charge is -2.24. The number of guanidine groups is 1. The molecule has 1 aromatic rings. The lowest BCUT2D eigenvalue weighted by atomic mass is 9.87. The Balaban J connectivity index is 1.66. The molecular formula is C16H24N4O3. The van der Waals surface area contributed by atoms with Gasteiger partial charge in [0.2, 0.25) is 0 Å². The largest absolute Gasteiger partial charge is 0.454 e. The summed E-state index contributed by atoms with van der Waals surface area (Å²) in [5.41, 5.74) is 5.49. The third-order valence-corrected chi connectivity index (χ3v) is 4.55. The van der Waals surface area contributed by atoms with Crippen molar-refractivity contribution >= 4 is 11.9 Å². The molecule has 2 fully saturated rings. The Bertz CT molecular complexity index is 590. The monoisotopic (exact) mass is 320 g/mol. The van der Waals surface area contributed by atoms with Gasteiger partial charge in [0.25, 0.3) is 5.91 Å². The number of nitrogens with one attached hydrogen (secondary N) is 1. The molecule has 1 atom stereocenters. The zero-order valence-electron chi connectivity index (χ0n) is 13.5. The van der Waals surface area contributed by atoms with Crippen molar-refractivity contribution in [3.8, 4) is 0 Å². The van der Waals surface area contributed by atoms with E-state index in [1.807, 2.05) is 0 Å². The minimum absolute atomic E-state index is 0.170. The van der Waals surface area contributed by atoms with Gasteiger partial charge in [0, 0.05) is 31.7 Å². The van der Waals surface area contributed by atoms with Crippen LogP contribution in [0.15, 0.2) is 21.5 Å². The van der Waals surface area contributed by atoms with Gasteiger partial charge < -0.3 is 25.1 Å². The van der Waals surface area contributed by atoms with E-state index >= 15 is 0 Å². The van der Waals surface area contributed by atoms with Crippen LogP contribution in [-0.2, 0) is 11.3 Å². The van der Waals surface area contributed by atoms with Gasteiger partial charge in [-0.15, -0.1) is 0 Å². The van der Waals surface area contributed by atoms with Gasteiger partial charge in [-0.05, 0) is 31.9 Å². The van der Waals surface area contributed by atoms with Crippen LogP contribution in [0.25, 0.3) is 0 Å². The number of nitrogens with two attached hydrogens (primary N) is 1. The Morgan fingerprint density at radius 3 is 3.00 bits per heavy atom. The highest BCUT2D eigenvalue weighted by atomic mass is 16.5. The topological polar surface area (TPSA) is 93.1 Å². The highest BCUT2D eigenvalue weighted by molar-refractivity contribution is 5.89. The quantitative estimate of drug-likeness (QED) is 0.636. The van der Waals surface area contributed by atoms with Gasteiger partial charge in [-0.25, -0.2) is 4.99 Å². The van der Waals surface area contributed by atoms with Crippen molar-refractivity contribution < 1.29 is 13.9 Å². The van der Waals surface area contributed by atoms with Crippen LogP contribution in [0.3, 0.4) is 0 Å². The fraction of sp³-hybridized carbons (Fsp3) is 0.625. The molecule has 0 aromatic carbocycles. The molecule has 3 heterocycles. The minimum atomic E-state index is -0.560. The fourth-order valence-corrected chi connectivity index (χ4v) is 3.26. The van der Waals surface area contributed by atoms with Crippen molar-refractivity contribution in [2.75, 3.05) is 32.8 Å². The molecule has 0 saturated carbocycles. The molecule has 0 bridgehead atoms. The number of primary amides is 1. The predicted molar refractivity (Wildman–Crippen MR) is 86.1 cm³/mol. The molecule has 23 heavy (non-hydrogen) atoms. The third kappa shape index (κ3) is 3.50. The third-order valence-electron chi connectivity index (χ3n) is 4.55. The summed E-state index contributed by atoms with van der Waals surface area (Å²) in [5.74, 6) is 1.12. The van der Waals surface area contributed by atoms with Gasteiger partial charge in [-0.1, -0.05) is 0 Å². The summed E-state index contributed by atoms with van der Waals surface area (Å²) in [6, 6.07) is 3.32. The van der Waals surface area contributed by atoms with E-state index in [0.717, 1.165) is 51.6 Å². The Labute approximate surface area is 135 Å². The second-order valence-electron chi connectivity index (χ2n) is 6.27. The number of likely N-dealkylation sites (tertiary alicyclic amines) is 1. The van der Waals surface area contributed by atoms with E-state index in [1.54, 1.807) is 12.1 Å². The molecule has 1 amide bonds. The van der Waals surface area contributed by atoms with E-state index in [-0.39, 0.29) is 5.76 Å². The van der Waals surface area contributed by atoms with Crippen LogP contribution in [0, 0.1) is 5.41 Å². The van der Waals surface area contributed by atoms with Gasteiger partial charge in [-0.3, -0.25) is 4.79 Å². The molecular weight excluding hydrogens is 296 g/mol. The predicted octanol–water partition coefficient (Wildman–Crippen LogP) is 0.956. The van der Waals surface area contributed by atoms with Crippen molar-refractivity contribution in [1.82, 2.24) is 10.2 Å². The summed E-state index contributed by atoms with van der Waals surface area (Å²) < 4.78 is 11.0. The number of hydrogen-bond donors (Lipinski definition) is 2. The Hall–Kier alpha value is -2.02. The average Bonchev–Trinajstić information content (AvgIpc) is 3.26. The number of ether oxygens (including phenoxy) is 1. The Morgan fingerprint density at radius 2 is 2.35 bits per heavy atom. The first-order valence-electron chi connectivity index (χ1n) is 8.11. The molecule has 1 unspecified atom stereocenters. The van der Waals surface area contributed by atoms with Crippen molar-refractivity contribution in [3.05, 3.63) is 23.7 Å². The number of rotatable bonds is 4. The van der Waals surface area contributed by atoms with E-state index in [4.69, 9.17) is 14.9 Å². The van der Waals surface area contributed by atoms with E-state index in [2.05, 4.69) is 22.1 Å². The molecule has 0 radical (unpaired) electrons. The van der Waals surface area contributed by atoms with Crippen LogP contribution in [0.1, 0.15) is 36.1 Å². The molecule has 1 spiro atoms. The standard InChI is InChI=1S/C16H24N4O3/c1-2-18-15(19-9-12-3-4-13(23-12)14(17)21)20-7-5-16(10-20)6-8-22-11-16/h3-4H,2,5-11H2,1H3,(H2,17,21)(H,18,19). The maximum atomic E-state index is 11.1. The fourth-order valence-electron chi connectivity index (χ4n) is 3.26. The molecule has 3 N–H and O–H groups in total. The second kappa shape index (κ2) is 6.62. The Morgan fingerprint density at radius 1 is 1.48 bits per heavy atom. The van der Waals surface area contributed by atoms with Crippen LogP contribution in [0.4, 0.5) is 0 Å². The van der Waals surface area contributed by atoms with Crippen molar-refractivity contribution in [3.63, 3.8) is 0 Å². The first-order valence-corrected chi connectivity index (χ1v) is 8.11. The zero-order valence-corrected chi connectivity index (χ0v) is 13.5. The SMILES string of the molecule is CCNC(=NCc1ccc(C(N)=O)o1)N1CCC2(CCOC2)C1. The number of aliphatic imine (C=N–C) groups is 1. The highest BCUT2D eigenvalue weighted by Gasteiger charge is 2.42. The minimum Gasteiger partial charge on any atom is -0.454 e. The van der Waals surface area contributed by atoms with Gasteiger partial charge in [0.1, 0.15) is 12.3 Å². The van der Waals surface area contributed by atoms with E-state index in [9.17, 15) is 4.79 Å². The maximum absolute atomic E-state index is 11.1. The summed E-state index contributed by atoms with van der Waals surface area (Å²) in [7, 11) is 0. The van der Waals surface area contributed by atoms with Crippen LogP contribution in [0.2, 0.25) is 0 Å². The van der Waals surface area contributed by atoms with E-state index in [0.29, 0.717) is 17.7 Å². The zero-order chi connectivity index (χ0) is 16.3. The van der Waals surface area contributed by atoms with Gasteiger partial charge in [0.05, 0.1) is 6.61 Å². The highest BCUT2D eigenvalue weighted by Crippen LogP contribution is 2.38. The molecule has 126 valence electrons.